The maximum atomic E-state index is 11.9. The summed E-state index contributed by atoms with van der Waals surface area (Å²) in [6.45, 7) is 0.283. The first-order chi connectivity index (χ1) is 9.93. The number of carbonyl (C=O) groups is 3. The first-order valence-corrected chi connectivity index (χ1v) is 6.44. The Bertz CT molecular complexity index is 530. The lowest BCUT2D eigenvalue weighted by atomic mass is 10.0. The van der Waals surface area contributed by atoms with Crippen LogP contribution in [0.1, 0.15) is 24.0 Å². The van der Waals surface area contributed by atoms with Crippen LogP contribution in [-0.4, -0.2) is 34.1 Å². The lowest BCUT2D eigenvalue weighted by Gasteiger charge is -2.14. The zero-order chi connectivity index (χ0) is 15.8. The molecule has 5 N–H and O–H groups in total. The highest BCUT2D eigenvalue weighted by Gasteiger charge is 2.21. The molecule has 1 atom stereocenters. The number of hydrogen-bond acceptors (Lipinski definition) is 4. The second-order valence-corrected chi connectivity index (χ2v) is 4.54. The number of nitrogens with one attached hydrogen (secondary N) is 1. The molecule has 1 amide bonds. The molecular formula is C14H18N2O5. The van der Waals surface area contributed by atoms with Gasteiger partial charge in [0.05, 0.1) is 6.42 Å². The van der Waals surface area contributed by atoms with Gasteiger partial charge in [-0.3, -0.25) is 9.59 Å². The summed E-state index contributed by atoms with van der Waals surface area (Å²) < 4.78 is 0. The van der Waals surface area contributed by atoms with Crippen LogP contribution in [0.2, 0.25) is 0 Å². The Kier molecular flexibility index (Phi) is 6.35. The molecule has 7 heteroatoms. The minimum atomic E-state index is -1.25. The molecule has 0 aliphatic carbocycles. The van der Waals surface area contributed by atoms with E-state index in [0.717, 1.165) is 11.1 Å². The lowest BCUT2D eigenvalue weighted by Crippen LogP contribution is -2.41. The van der Waals surface area contributed by atoms with E-state index >= 15 is 0 Å². The van der Waals surface area contributed by atoms with E-state index in [1.807, 2.05) is 0 Å². The number of hydrogen-bond donors (Lipinski definition) is 4. The van der Waals surface area contributed by atoms with E-state index in [1.54, 1.807) is 24.3 Å². The molecule has 1 aromatic rings. The van der Waals surface area contributed by atoms with Crippen LogP contribution < -0.4 is 11.1 Å². The molecule has 0 saturated heterocycles. The van der Waals surface area contributed by atoms with Crippen molar-refractivity contribution in [3.8, 4) is 0 Å². The molecule has 0 aromatic heterocycles. The Labute approximate surface area is 121 Å². The molecule has 1 aromatic carbocycles. The number of carboxylic acid groups (broad SMARTS) is 2. The van der Waals surface area contributed by atoms with Crippen molar-refractivity contribution in [2.45, 2.75) is 31.8 Å². The fourth-order valence-electron chi connectivity index (χ4n) is 1.87. The van der Waals surface area contributed by atoms with Gasteiger partial charge >= 0.3 is 11.9 Å². The Hall–Kier alpha value is -2.41. The smallest absolute Gasteiger partial charge is 0.326 e. The van der Waals surface area contributed by atoms with Crippen LogP contribution in [0.3, 0.4) is 0 Å². The van der Waals surface area contributed by atoms with Gasteiger partial charge in [-0.2, -0.15) is 0 Å². The van der Waals surface area contributed by atoms with Gasteiger partial charge in [0.25, 0.3) is 0 Å². The predicted molar refractivity (Wildman–Crippen MR) is 74.5 cm³/mol. The average Bonchev–Trinajstić information content (AvgIpc) is 2.43. The maximum Gasteiger partial charge on any atom is 0.326 e. The van der Waals surface area contributed by atoms with Crippen molar-refractivity contribution in [1.29, 1.82) is 0 Å². The van der Waals surface area contributed by atoms with E-state index < -0.39 is 23.9 Å². The van der Waals surface area contributed by atoms with Gasteiger partial charge in [-0.05, 0) is 17.5 Å². The number of carboxylic acids is 2. The Morgan fingerprint density at radius 1 is 1.14 bits per heavy atom. The Morgan fingerprint density at radius 3 is 2.29 bits per heavy atom. The van der Waals surface area contributed by atoms with Crippen LogP contribution in [0, 0.1) is 0 Å². The van der Waals surface area contributed by atoms with E-state index in [1.165, 1.54) is 0 Å². The standard InChI is InChI=1S/C14H18N2O5/c15-8-10-4-2-1-3-9(10)7-12(17)16-11(14(20)21)5-6-13(18)19/h1-4,11H,5-8,15H2,(H,16,17)(H,18,19)(H,20,21). The van der Waals surface area contributed by atoms with Crippen LogP contribution in [-0.2, 0) is 27.3 Å². The van der Waals surface area contributed by atoms with E-state index in [2.05, 4.69) is 5.32 Å². The number of benzene rings is 1. The van der Waals surface area contributed by atoms with E-state index in [4.69, 9.17) is 15.9 Å². The van der Waals surface area contributed by atoms with Gasteiger partial charge in [-0.15, -0.1) is 0 Å². The first kappa shape index (κ1) is 16.6. The number of aliphatic carboxylic acids is 2. The van der Waals surface area contributed by atoms with Gasteiger partial charge in [0.2, 0.25) is 5.91 Å². The highest BCUT2D eigenvalue weighted by atomic mass is 16.4. The molecule has 1 unspecified atom stereocenters. The number of amides is 1. The van der Waals surface area contributed by atoms with Gasteiger partial charge in [-0.1, -0.05) is 24.3 Å². The molecule has 0 saturated carbocycles. The number of rotatable bonds is 8. The average molecular weight is 294 g/mol. The molecule has 7 nitrogen and oxygen atoms in total. The van der Waals surface area contributed by atoms with Crippen molar-refractivity contribution in [1.82, 2.24) is 5.32 Å². The molecule has 0 spiro atoms. The molecule has 0 heterocycles. The van der Waals surface area contributed by atoms with Gasteiger partial charge in [-0.25, -0.2) is 4.79 Å². The van der Waals surface area contributed by atoms with Crippen molar-refractivity contribution in [2.75, 3.05) is 0 Å². The van der Waals surface area contributed by atoms with Gasteiger partial charge in [0, 0.05) is 13.0 Å². The summed E-state index contributed by atoms with van der Waals surface area (Å²) in [5.41, 5.74) is 7.10. The fourth-order valence-corrected chi connectivity index (χ4v) is 1.87. The monoisotopic (exact) mass is 294 g/mol. The fraction of sp³-hybridized carbons (Fsp3) is 0.357. The van der Waals surface area contributed by atoms with E-state index in [0.29, 0.717) is 0 Å². The van der Waals surface area contributed by atoms with Crippen molar-refractivity contribution in [2.24, 2.45) is 5.73 Å². The molecule has 21 heavy (non-hydrogen) atoms. The number of nitrogens with two attached hydrogens (primary N) is 1. The minimum absolute atomic E-state index is 0.00419. The van der Waals surface area contributed by atoms with Crippen LogP contribution in [0.15, 0.2) is 24.3 Å². The maximum absolute atomic E-state index is 11.9. The summed E-state index contributed by atoms with van der Waals surface area (Å²) in [6, 6.07) is 5.90. The largest absolute Gasteiger partial charge is 0.481 e. The van der Waals surface area contributed by atoms with Gasteiger partial charge in [0.1, 0.15) is 6.04 Å². The SMILES string of the molecule is NCc1ccccc1CC(=O)NC(CCC(=O)O)C(=O)O. The molecule has 0 aliphatic rings. The second-order valence-electron chi connectivity index (χ2n) is 4.54. The first-order valence-electron chi connectivity index (χ1n) is 6.44. The summed E-state index contributed by atoms with van der Waals surface area (Å²) in [6.07, 6.45) is -0.476. The van der Waals surface area contributed by atoms with Crippen LogP contribution >= 0.6 is 0 Å². The van der Waals surface area contributed by atoms with Crippen molar-refractivity contribution in [3.05, 3.63) is 35.4 Å². The highest BCUT2D eigenvalue weighted by molar-refractivity contribution is 5.85. The van der Waals surface area contributed by atoms with Crippen molar-refractivity contribution >= 4 is 17.8 Å². The van der Waals surface area contributed by atoms with Crippen LogP contribution in [0.25, 0.3) is 0 Å². The quantitative estimate of drug-likeness (QED) is 0.539. The Morgan fingerprint density at radius 2 is 1.76 bits per heavy atom. The molecule has 0 aliphatic heterocycles. The highest BCUT2D eigenvalue weighted by Crippen LogP contribution is 2.09. The zero-order valence-corrected chi connectivity index (χ0v) is 11.4. The van der Waals surface area contributed by atoms with Gasteiger partial charge in [0.15, 0.2) is 0 Å². The van der Waals surface area contributed by atoms with Crippen molar-refractivity contribution < 1.29 is 24.6 Å². The topological polar surface area (TPSA) is 130 Å². The summed E-state index contributed by atoms with van der Waals surface area (Å²) in [4.78, 5) is 33.3. The van der Waals surface area contributed by atoms with E-state index in [9.17, 15) is 14.4 Å². The predicted octanol–water partition coefficient (Wildman–Crippen LogP) is 0.122. The summed E-state index contributed by atoms with van der Waals surface area (Å²) in [5.74, 6) is -2.84. The third-order valence-corrected chi connectivity index (χ3v) is 2.97. The molecule has 1 rings (SSSR count). The summed E-state index contributed by atoms with van der Waals surface area (Å²) in [7, 11) is 0. The molecule has 0 radical (unpaired) electrons. The third kappa shape index (κ3) is 5.62. The van der Waals surface area contributed by atoms with Crippen LogP contribution in [0.5, 0.6) is 0 Å². The second kappa shape index (κ2) is 8.01. The molecule has 0 fully saturated rings. The number of carbonyl (C=O) groups excluding carboxylic acids is 1. The minimum Gasteiger partial charge on any atom is -0.481 e. The third-order valence-electron chi connectivity index (χ3n) is 2.97. The summed E-state index contributed by atoms with van der Waals surface area (Å²) in [5, 5.41) is 19.9. The Balaban J connectivity index is 2.65. The van der Waals surface area contributed by atoms with Crippen LogP contribution in [0.4, 0.5) is 0 Å². The van der Waals surface area contributed by atoms with Gasteiger partial charge < -0.3 is 21.3 Å². The zero-order valence-electron chi connectivity index (χ0n) is 11.4. The molecular weight excluding hydrogens is 276 g/mol. The van der Waals surface area contributed by atoms with E-state index in [-0.39, 0.29) is 25.8 Å². The molecule has 114 valence electrons. The summed E-state index contributed by atoms with van der Waals surface area (Å²) >= 11 is 0. The normalized spacial score (nSPS) is 11.7. The van der Waals surface area contributed by atoms with Crippen molar-refractivity contribution in [3.63, 3.8) is 0 Å². The molecule has 0 bridgehead atoms. The lowest BCUT2D eigenvalue weighted by molar-refractivity contribution is -0.143.